The molecule has 1 unspecified atom stereocenters. The van der Waals surface area contributed by atoms with Gasteiger partial charge in [0.15, 0.2) is 0 Å². The minimum atomic E-state index is 0.407. The first-order chi connectivity index (χ1) is 7.03. The average Bonchev–Trinajstić information content (AvgIpc) is 2.19. The van der Waals surface area contributed by atoms with Gasteiger partial charge in [0.05, 0.1) is 0 Å². The molecule has 1 aliphatic rings. The Morgan fingerprint density at radius 2 is 1.80 bits per heavy atom. The van der Waals surface area contributed by atoms with E-state index < -0.39 is 0 Å². The molecule has 90 valence electrons. The lowest BCUT2D eigenvalue weighted by atomic mass is 9.84. The summed E-state index contributed by atoms with van der Waals surface area (Å²) >= 11 is 2.10. The molecule has 15 heavy (non-hydrogen) atoms. The third-order valence-electron chi connectivity index (χ3n) is 3.29. The fourth-order valence-corrected chi connectivity index (χ4v) is 3.45. The highest BCUT2D eigenvalue weighted by molar-refractivity contribution is 8.00. The highest BCUT2D eigenvalue weighted by Crippen LogP contribution is 2.31. The van der Waals surface area contributed by atoms with Crippen molar-refractivity contribution in [3.63, 3.8) is 0 Å². The summed E-state index contributed by atoms with van der Waals surface area (Å²) in [5.41, 5.74) is 0. The second-order valence-electron chi connectivity index (χ2n) is 5.72. The van der Waals surface area contributed by atoms with Crippen LogP contribution < -0.4 is 5.32 Å². The molecule has 0 aliphatic heterocycles. The van der Waals surface area contributed by atoms with E-state index in [1.54, 1.807) is 0 Å². The maximum absolute atomic E-state index is 3.52. The molecule has 1 N–H and O–H groups in total. The van der Waals surface area contributed by atoms with Crippen LogP contribution in [-0.2, 0) is 0 Å². The van der Waals surface area contributed by atoms with Crippen LogP contribution in [0.5, 0.6) is 0 Å². The minimum absolute atomic E-state index is 0.407. The van der Waals surface area contributed by atoms with Crippen LogP contribution in [0.3, 0.4) is 0 Å². The van der Waals surface area contributed by atoms with E-state index in [9.17, 15) is 0 Å². The quantitative estimate of drug-likeness (QED) is 0.789. The molecule has 0 aromatic rings. The van der Waals surface area contributed by atoms with Crippen molar-refractivity contribution in [1.82, 2.24) is 5.32 Å². The Balaban J connectivity index is 2.34. The average molecular weight is 229 g/mol. The lowest BCUT2D eigenvalue weighted by Gasteiger charge is -2.31. The Hall–Kier alpha value is 0.310. The van der Waals surface area contributed by atoms with Gasteiger partial charge in [-0.05, 0) is 25.8 Å². The van der Waals surface area contributed by atoms with E-state index in [0.717, 1.165) is 12.0 Å². The van der Waals surface area contributed by atoms with E-state index in [1.165, 1.54) is 37.9 Å². The third kappa shape index (κ3) is 5.26. The molecule has 0 saturated heterocycles. The van der Waals surface area contributed by atoms with Crippen molar-refractivity contribution in [1.29, 1.82) is 0 Å². The summed E-state index contributed by atoms with van der Waals surface area (Å²) < 4.78 is 0.407. The zero-order valence-corrected chi connectivity index (χ0v) is 11.6. The van der Waals surface area contributed by atoms with Gasteiger partial charge in [-0.3, -0.25) is 0 Å². The Bertz CT molecular complexity index is 168. The van der Waals surface area contributed by atoms with Crippen LogP contribution in [0.25, 0.3) is 0 Å². The highest BCUT2D eigenvalue weighted by Gasteiger charge is 2.24. The van der Waals surface area contributed by atoms with Gasteiger partial charge in [-0.15, -0.1) is 0 Å². The van der Waals surface area contributed by atoms with E-state index in [2.05, 4.69) is 44.9 Å². The van der Waals surface area contributed by atoms with Crippen LogP contribution >= 0.6 is 11.8 Å². The van der Waals surface area contributed by atoms with E-state index >= 15 is 0 Å². The van der Waals surface area contributed by atoms with Gasteiger partial charge in [0.2, 0.25) is 0 Å². The second-order valence-corrected chi connectivity index (χ2v) is 7.56. The summed E-state index contributed by atoms with van der Waals surface area (Å²) in [6.45, 7) is 6.93. The fourth-order valence-electron chi connectivity index (χ4n) is 2.33. The monoisotopic (exact) mass is 229 g/mol. The predicted molar refractivity (Wildman–Crippen MR) is 71.6 cm³/mol. The topological polar surface area (TPSA) is 12.0 Å². The summed E-state index contributed by atoms with van der Waals surface area (Å²) in [4.78, 5) is 0. The molecule has 1 fully saturated rings. The minimum Gasteiger partial charge on any atom is -0.316 e. The molecule has 1 atom stereocenters. The van der Waals surface area contributed by atoms with Gasteiger partial charge >= 0.3 is 0 Å². The van der Waals surface area contributed by atoms with Crippen LogP contribution in [0.4, 0.5) is 0 Å². The lowest BCUT2D eigenvalue weighted by molar-refractivity contribution is 0.294. The first-order valence-electron chi connectivity index (χ1n) is 6.34. The number of rotatable bonds is 4. The van der Waals surface area contributed by atoms with Crippen molar-refractivity contribution < 1.29 is 0 Å². The predicted octanol–water partition coefficient (Wildman–Crippen LogP) is 3.69. The van der Waals surface area contributed by atoms with Gasteiger partial charge < -0.3 is 5.32 Å². The molecule has 1 rings (SSSR count). The second kappa shape index (κ2) is 6.15. The van der Waals surface area contributed by atoms with Gasteiger partial charge in [0, 0.05) is 16.5 Å². The number of nitrogens with one attached hydrogen (secondary N) is 1. The van der Waals surface area contributed by atoms with E-state index in [-0.39, 0.29) is 0 Å². The Morgan fingerprint density at radius 1 is 1.20 bits per heavy atom. The van der Waals surface area contributed by atoms with Gasteiger partial charge in [0.25, 0.3) is 0 Å². The van der Waals surface area contributed by atoms with Gasteiger partial charge in [0.1, 0.15) is 0 Å². The van der Waals surface area contributed by atoms with Gasteiger partial charge in [-0.25, -0.2) is 0 Å². The summed E-state index contributed by atoms with van der Waals surface area (Å²) in [5, 5.41) is 3.52. The fraction of sp³-hybridized carbons (Fsp3) is 1.00. The van der Waals surface area contributed by atoms with Gasteiger partial charge in [-0.2, -0.15) is 11.8 Å². The molecule has 0 heterocycles. The summed E-state index contributed by atoms with van der Waals surface area (Å²) in [6, 6.07) is 0.731. The van der Waals surface area contributed by atoms with Crippen molar-refractivity contribution in [2.24, 2.45) is 5.92 Å². The van der Waals surface area contributed by atoms with Crippen molar-refractivity contribution in [3.8, 4) is 0 Å². The largest absolute Gasteiger partial charge is 0.316 e. The van der Waals surface area contributed by atoms with Crippen molar-refractivity contribution in [2.75, 3.05) is 12.8 Å². The maximum Gasteiger partial charge on any atom is 0.0183 e. The zero-order chi connectivity index (χ0) is 11.3. The molecular weight excluding hydrogens is 202 g/mol. The van der Waals surface area contributed by atoms with Crippen LogP contribution in [0.2, 0.25) is 0 Å². The summed E-state index contributed by atoms with van der Waals surface area (Å²) in [5.74, 6) is 2.20. The number of hydrogen-bond donors (Lipinski definition) is 1. The first kappa shape index (κ1) is 13.4. The van der Waals surface area contributed by atoms with Crippen LogP contribution in [0.1, 0.15) is 52.9 Å². The molecule has 2 heteroatoms. The van der Waals surface area contributed by atoms with E-state index in [1.807, 2.05) is 0 Å². The van der Waals surface area contributed by atoms with Crippen molar-refractivity contribution >= 4 is 11.8 Å². The molecular formula is C13H27NS. The third-order valence-corrected chi connectivity index (χ3v) is 4.68. The maximum atomic E-state index is 3.52. The Kier molecular flexibility index (Phi) is 5.48. The van der Waals surface area contributed by atoms with Crippen molar-refractivity contribution in [2.45, 2.75) is 63.7 Å². The molecule has 0 bridgehead atoms. The number of hydrogen-bond acceptors (Lipinski definition) is 2. The van der Waals surface area contributed by atoms with Crippen LogP contribution in [0.15, 0.2) is 0 Å². The normalized spacial score (nSPS) is 21.6. The smallest absolute Gasteiger partial charge is 0.0183 e. The summed E-state index contributed by atoms with van der Waals surface area (Å²) in [7, 11) is 2.13. The highest BCUT2D eigenvalue weighted by atomic mass is 32.2. The molecule has 0 amide bonds. The van der Waals surface area contributed by atoms with Crippen molar-refractivity contribution in [3.05, 3.63) is 0 Å². The molecule has 1 saturated carbocycles. The molecule has 0 spiro atoms. The van der Waals surface area contributed by atoms with Crippen LogP contribution in [-0.4, -0.2) is 23.6 Å². The van der Waals surface area contributed by atoms with Gasteiger partial charge in [-0.1, -0.05) is 40.0 Å². The first-order valence-corrected chi connectivity index (χ1v) is 7.33. The van der Waals surface area contributed by atoms with E-state index in [4.69, 9.17) is 0 Å². The molecule has 1 nitrogen and oxygen atoms in total. The van der Waals surface area contributed by atoms with Crippen LogP contribution in [0, 0.1) is 5.92 Å². The zero-order valence-electron chi connectivity index (χ0n) is 10.8. The molecule has 0 radical (unpaired) electrons. The Labute approximate surface area is 99.8 Å². The number of thioether (sulfide) groups is 1. The standard InChI is InChI=1S/C13H27NS/c1-13(2,3)15-10-12(14-4)11-8-6-5-7-9-11/h11-12,14H,5-10H2,1-4H3. The summed E-state index contributed by atoms with van der Waals surface area (Å²) in [6.07, 6.45) is 7.23. The SMILES string of the molecule is CNC(CSC(C)(C)C)C1CCCCC1. The molecule has 0 aromatic carbocycles. The molecule has 1 aliphatic carbocycles. The lowest BCUT2D eigenvalue weighted by Crippen LogP contribution is -2.37. The Morgan fingerprint density at radius 3 is 2.27 bits per heavy atom. The molecule has 0 aromatic heterocycles. The van der Waals surface area contributed by atoms with E-state index in [0.29, 0.717) is 4.75 Å².